The minimum Gasteiger partial charge on any atom is -0.493 e. The van der Waals surface area contributed by atoms with E-state index in [4.69, 9.17) is 21.1 Å². The number of anilines is 1. The Morgan fingerprint density at radius 2 is 1.67 bits per heavy atom. The van der Waals surface area contributed by atoms with Crippen LogP contribution in [0.25, 0.3) is 0 Å². The summed E-state index contributed by atoms with van der Waals surface area (Å²) in [4.78, 5) is 35.5. The number of carbonyl (C=O) groups is 2. The molecule has 10 heteroatoms. The molecule has 0 saturated carbocycles. The summed E-state index contributed by atoms with van der Waals surface area (Å²) in [5.41, 5.74) is 0.315. The number of carbonyl (C=O) groups excluding carboxylic acids is 2. The van der Waals surface area contributed by atoms with Crippen LogP contribution in [0.2, 0.25) is 5.02 Å². The average Bonchev–Trinajstić information content (AvgIpc) is 2.82. The summed E-state index contributed by atoms with van der Waals surface area (Å²) in [5, 5.41) is 16.1. The molecule has 3 rings (SSSR count). The van der Waals surface area contributed by atoms with E-state index in [1.54, 1.807) is 43.5 Å². The lowest BCUT2D eigenvalue weighted by Crippen LogP contribution is -2.29. The fourth-order valence-corrected chi connectivity index (χ4v) is 3.20. The predicted octanol–water partition coefficient (Wildman–Crippen LogP) is 4.32. The molecule has 3 aromatic rings. The zero-order valence-electron chi connectivity index (χ0n) is 17.5. The molecule has 170 valence electrons. The van der Waals surface area contributed by atoms with Gasteiger partial charge in [-0.25, -0.2) is 0 Å². The van der Waals surface area contributed by atoms with Crippen molar-refractivity contribution in [2.24, 2.45) is 0 Å². The van der Waals surface area contributed by atoms with Gasteiger partial charge in [-0.1, -0.05) is 35.9 Å². The van der Waals surface area contributed by atoms with Gasteiger partial charge in [0.25, 0.3) is 17.5 Å². The van der Waals surface area contributed by atoms with Crippen LogP contribution in [0.1, 0.15) is 20.7 Å². The molecule has 0 aliphatic carbocycles. The van der Waals surface area contributed by atoms with Crippen LogP contribution in [0, 0.1) is 10.1 Å². The molecule has 0 aromatic heterocycles. The second kappa shape index (κ2) is 11.0. The molecule has 2 N–H and O–H groups in total. The number of amides is 2. The fourth-order valence-electron chi connectivity index (χ4n) is 2.94. The third kappa shape index (κ3) is 5.98. The first-order valence-corrected chi connectivity index (χ1v) is 10.2. The molecule has 0 fully saturated rings. The van der Waals surface area contributed by atoms with Crippen LogP contribution in [-0.2, 0) is 0 Å². The van der Waals surface area contributed by atoms with Gasteiger partial charge in [0.2, 0.25) is 0 Å². The number of halogens is 1. The highest BCUT2D eigenvalue weighted by atomic mass is 35.5. The first-order valence-electron chi connectivity index (χ1n) is 9.79. The second-order valence-electron chi connectivity index (χ2n) is 6.68. The van der Waals surface area contributed by atoms with Gasteiger partial charge in [0.1, 0.15) is 6.61 Å². The minimum absolute atomic E-state index is 0.0442. The molecule has 33 heavy (non-hydrogen) atoms. The molecule has 9 nitrogen and oxygen atoms in total. The number of hydrogen-bond acceptors (Lipinski definition) is 6. The average molecular weight is 470 g/mol. The maximum atomic E-state index is 12.7. The van der Waals surface area contributed by atoms with Gasteiger partial charge >= 0.3 is 0 Å². The number of rotatable bonds is 9. The summed E-state index contributed by atoms with van der Waals surface area (Å²) in [6.07, 6.45) is 0. The van der Waals surface area contributed by atoms with Crippen molar-refractivity contribution in [3.63, 3.8) is 0 Å². The van der Waals surface area contributed by atoms with Crippen LogP contribution >= 0.6 is 11.6 Å². The van der Waals surface area contributed by atoms with E-state index in [9.17, 15) is 19.7 Å². The van der Waals surface area contributed by atoms with Crippen LogP contribution in [0.5, 0.6) is 11.5 Å². The number of nitro benzene ring substituents is 1. The van der Waals surface area contributed by atoms with Gasteiger partial charge in [0.15, 0.2) is 11.5 Å². The fraction of sp³-hybridized carbons (Fsp3) is 0.130. The second-order valence-corrected chi connectivity index (χ2v) is 7.08. The number of nitro groups is 1. The Morgan fingerprint density at radius 3 is 2.36 bits per heavy atom. The normalized spacial score (nSPS) is 10.2. The lowest BCUT2D eigenvalue weighted by molar-refractivity contribution is -0.384. The summed E-state index contributed by atoms with van der Waals surface area (Å²) in [5.74, 6) is 0.127. The molecule has 0 radical (unpaired) electrons. The minimum atomic E-state index is -0.606. The highest BCUT2D eigenvalue weighted by Crippen LogP contribution is 2.26. The smallest absolute Gasteiger partial charge is 0.270 e. The number of non-ortho nitro benzene ring substituents is 1. The Balaban J connectivity index is 1.63. The third-order valence-corrected chi connectivity index (χ3v) is 4.85. The molecular weight excluding hydrogens is 450 g/mol. The van der Waals surface area contributed by atoms with E-state index in [0.29, 0.717) is 11.5 Å². The summed E-state index contributed by atoms with van der Waals surface area (Å²) < 4.78 is 10.8. The van der Waals surface area contributed by atoms with E-state index in [-0.39, 0.29) is 40.7 Å². The Morgan fingerprint density at radius 1 is 0.970 bits per heavy atom. The van der Waals surface area contributed by atoms with Gasteiger partial charge in [-0.3, -0.25) is 19.7 Å². The number of hydrogen-bond donors (Lipinski definition) is 2. The zero-order chi connectivity index (χ0) is 23.8. The topological polar surface area (TPSA) is 120 Å². The molecule has 0 bridgehead atoms. The highest BCUT2D eigenvalue weighted by Gasteiger charge is 2.18. The Kier molecular flexibility index (Phi) is 7.82. The first-order chi connectivity index (χ1) is 15.9. The van der Waals surface area contributed by atoms with Gasteiger partial charge in [0.05, 0.1) is 40.4 Å². The number of para-hydroxylation sites is 3. The van der Waals surface area contributed by atoms with Crippen molar-refractivity contribution in [1.29, 1.82) is 0 Å². The van der Waals surface area contributed by atoms with Crippen molar-refractivity contribution in [3.8, 4) is 11.5 Å². The van der Waals surface area contributed by atoms with Crippen LogP contribution in [0.4, 0.5) is 11.4 Å². The van der Waals surface area contributed by atoms with Crippen LogP contribution in [0.3, 0.4) is 0 Å². The molecule has 0 atom stereocenters. The van der Waals surface area contributed by atoms with Gasteiger partial charge in [-0.05, 0) is 30.3 Å². The summed E-state index contributed by atoms with van der Waals surface area (Å²) in [6.45, 7) is 0.423. The van der Waals surface area contributed by atoms with Crippen molar-refractivity contribution in [1.82, 2.24) is 5.32 Å². The highest BCUT2D eigenvalue weighted by molar-refractivity contribution is 6.34. The molecule has 2 amide bonds. The third-order valence-electron chi connectivity index (χ3n) is 4.54. The number of methoxy groups -OCH3 is 1. The van der Waals surface area contributed by atoms with Crippen LogP contribution < -0.4 is 20.1 Å². The summed E-state index contributed by atoms with van der Waals surface area (Å²) in [7, 11) is 1.54. The quantitative estimate of drug-likeness (QED) is 0.273. The van der Waals surface area contributed by atoms with Crippen molar-refractivity contribution < 1.29 is 24.0 Å². The van der Waals surface area contributed by atoms with Crippen molar-refractivity contribution in [2.45, 2.75) is 0 Å². The zero-order valence-corrected chi connectivity index (χ0v) is 18.3. The Labute approximate surface area is 194 Å². The van der Waals surface area contributed by atoms with E-state index < -0.39 is 16.7 Å². The largest absolute Gasteiger partial charge is 0.493 e. The Hall–Kier alpha value is -4.11. The molecule has 3 aromatic carbocycles. The van der Waals surface area contributed by atoms with Crippen LogP contribution in [-0.4, -0.2) is 37.0 Å². The molecule has 0 aliphatic rings. The Bertz CT molecular complexity index is 1180. The maximum Gasteiger partial charge on any atom is 0.270 e. The van der Waals surface area contributed by atoms with Gasteiger partial charge < -0.3 is 20.1 Å². The standard InChI is InChI=1S/C23H20ClN3O6/c1-32-20-8-4-5-9-21(20)33-13-12-25-22(28)17-6-2-3-7-19(17)26-23(29)16-11-10-15(27(30)31)14-18(16)24/h2-11,14H,12-13H2,1H3,(H,25,28)(H,26,29). The van der Waals surface area contributed by atoms with Gasteiger partial charge in [-0.2, -0.15) is 0 Å². The van der Waals surface area contributed by atoms with E-state index in [1.807, 2.05) is 12.1 Å². The number of nitrogens with one attached hydrogen (secondary N) is 2. The predicted molar refractivity (Wildman–Crippen MR) is 123 cm³/mol. The van der Waals surface area contributed by atoms with E-state index in [2.05, 4.69) is 10.6 Å². The van der Waals surface area contributed by atoms with E-state index in [1.165, 1.54) is 12.1 Å². The van der Waals surface area contributed by atoms with E-state index in [0.717, 1.165) is 6.07 Å². The molecular formula is C23H20ClN3O6. The van der Waals surface area contributed by atoms with Crippen molar-refractivity contribution in [2.75, 3.05) is 25.6 Å². The van der Waals surface area contributed by atoms with E-state index >= 15 is 0 Å². The SMILES string of the molecule is COc1ccccc1OCCNC(=O)c1ccccc1NC(=O)c1ccc([N+](=O)[O-])cc1Cl. The lowest BCUT2D eigenvalue weighted by atomic mass is 10.1. The summed E-state index contributed by atoms with van der Waals surface area (Å²) in [6, 6.07) is 17.1. The van der Waals surface area contributed by atoms with Crippen molar-refractivity contribution >= 4 is 34.8 Å². The van der Waals surface area contributed by atoms with Crippen molar-refractivity contribution in [3.05, 3.63) is 93.0 Å². The molecule has 0 saturated heterocycles. The molecule has 0 unspecified atom stereocenters. The van der Waals surface area contributed by atoms with Crippen LogP contribution in [0.15, 0.2) is 66.7 Å². The number of benzene rings is 3. The lowest BCUT2D eigenvalue weighted by Gasteiger charge is -2.13. The maximum absolute atomic E-state index is 12.7. The molecule has 0 aliphatic heterocycles. The number of nitrogens with zero attached hydrogens (tertiary/aromatic N) is 1. The molecule has 0 heterocycles. The van der Waals surface area contributed by atoms with Gasteiger partial charge in [-0.15, -0.1) is 0 Å². The first kappa shape index (κ1) is 23.6. The molecule has 0 spiro atoms. The summed E-state index contributed by atoms with van der Waals surface area (Å²) >= 11 is 6.03. The number of ether oxygens (including phenoxy) is 2. The van der Waals surface area contributed by atoms with Gasteiger partial charge in [0, 0.05) is 12.1 Å². The monoisotopic (exact) mass is 469 g/mol.